The minimum Gasteiger partial charge on any atom is -0.340 e. The van der Waals surface area contributed by atoms with E-state index < -0.39 is 0 Å². The van der Waals surface area contributed by atoms with E-state index in [0.29, 0.717) is 0 Å². The molecule has 86 valence electrons. The third-order valence-electron chi connectivity index (χ3n) is 3.03. The Morgan fingerprint density at radius 3 is 3.00 bits per heavy atom. The van der Waals surface area contributed by atoms with Crippen LogP contribution >= 0.6 is 0 Å². The zero-order chi connectivity index (χ0) is 11.5. The number of hydrogen-bond acceptors (Lipinski definition) is 3. The van der Waals surface area contributed by atoms with Crippen molar-refractivity contribution < 1.29 is 0 Å². The molecule has 2 N–H and O–H groups in total. The third-order valence-corrected chi connectivity index (χ3v) is 3.03. The fourth-order valence-electron chi connectivity index (χ4n) is 2.14. The molecule has 2 heterocycles. The Hall–Kier alpha value is -1.87. The molecule has 2 aromatic rings. The van der Waals surface area contributed by atoms with Crippen LogP contribution in [0.5, 0.6) is 0 Å². The van der Waals surface area contributed by atoms with E-state index in [1.54, 1.807) is 6.20 Å². The van der Waals surface area contributed by atoms with E-state index in [1.165, 1.54) is 11.1 Å². The van der Waals surface area contributed by atoms with Crippen molar-refractivity contribution in [2.45, 2.75) is 13.0 Å². The summed E-state index contributed by atoms with van der Waals surface area (Å²) in [5.41, 5.74) is 3.94. The molecule has 0 spiro atoms. The Morgan fingerprint density at radius 2 is 2.12 bits per heavy atom. The van der Waals surface area contributed by atoms with Gasteiger partial charge in [-0.05, 0) is 48.4 Å². The molecule has 17 heavy (non-hydrogen) atoms. The van der Waals surface area contributed by atoms with Gasteiger partial charge in [0.25, 0.3) is 0 Å². The number of aromatic nitrogens is 1. The van der Waals surface area contributed by atoms with Crippen LogP contribution in [0.25, 0.3) is 0 Å². The molecule has 1 aliphatic heterocycles. The first-order valence-electron chi connectivity index (χ1n) is 5.92. The van der Waals surface area contributed by atoms with Gasteiger partial charge in [-0.25, -0.2) is 4.98 Å². The second-order valence-electron chi connectivity index (χ2n) is 4.25. The number of pyridine rings is 1. The Kier molecular flexibility index (Phi) is 2.76. The molecule has 0 amide bonds. The highest BCUT2D eigenvalue weighted by molar-refractivity contribution is 5.58. The molecular weight excluding hydrogens is 210 g/mol. The van der Waals surface area contributed by atoms with Gasteiger partial charge < -0.3 is 10.6 Å². The van der Waals surface area contributed by atoms with Crippen molar-refractivity contribution in [3.05, 3.63) is 53.7 Å². The van der Waals surface area contributed by atoms with Crippen LogP contribution in [0.3, 0.4) is 0 Å². The van der Waals surface area contributed by atoms with Gasteiger partial charge in [0.15, 0.2) is 0 Å². The first-order valence-corrected chi connectivity index (χ1v) is 5.92. The van der Waals surface area contributed by atoms with Crippen molar-refractivity contribution in [1.82, 2.24) is 10.3 Å². The number of nitrogens with zero attached hydrogens (tertiary/aromatic N) is 1. The Balaban J connectivity index is 1.84. The van der Waals surface area contributed by atoms with Gasteiger partial charge in [-0.3, -0.25) is 0 Å². The summed E-state index contributed by atoms with van der Waals surface area (Å²) in [6.07, 6.45) is 2.92. The maximum absolute atomic E-state index is 4.26. The van der Waals surface area contributed by atoms with E-state index in [1.807, 2.05) is 18.2 Å². The quantitative estimate of drug-likeness (QED) is 0.824. The zero-order valence-electron chi connectivity index (χ0n) is 9.61. The van der Waals surface area contributed by atoms with Gasteiger partial charge in [0.05, 0.1) is 0 Å². The van der Waals surface area contributed by atoms with Gasteiger partial charge in [0, 0.05) is 18.4 Å². The molecular formula is C14H15N3. The summed E-state index contributed by atoms with van der Waals surface area (Å²) < 4.78 is 0. The van der Waals surface area contributed by atoms with Gasteiger partial charge in [-0.2, -0.15) is 0 Å². The summed E-state index contributed by atoms with van der Waals surface area (Å²) in [4.78, 5) is 4.26. The standard InChI is InChI=1S/C14H15N3/c1-2-7-16-14(3-1)17-13-5-4-11-6-8-15-10-12(11)9-13/h1-5,7,9,15H,6,8,10H2,(H,16,17). The van der Waals surface area contributed by atoms with Crippen LogP contribution in [0.1, 0.15) is 11.1 Å². The van der Waals surface area contributed by atoms with Crippen molar-refractivity contribution in [3.63, 3.8) is 0 Å². The highest BCUT2D eigenvalue weighted by Gasteiger charge is 2.08. The number of benzene rings is 1. The van der Waals surface area contributed by atoms with Gasteiger partial charge >= 0.3 is 0 Å². The van der Waals surface area contributed by atoms with E-state index in [0.717, 1.165) is 31.0 Å². The molecule has 0 aliphatic carbocycles. The van der Waals surface area contributed by atoms with Gasteiger partial charge in [-0.15, -0.1) is 0 Å². The number of rotatable bonds is 2. The van der Waals surface area contributed by atoms with Crippen LogP contribution in [0.2, 0.25) is 0 Å². The monoisotopic (exact) mass is 225 g/mol. The first-order chi connectivity index (χ1) is 8.42. The predicted octanol–water partition coefficient (Wildman–Crippen LogP) is 2.47. The van der Waals surface area contributed by atoms with E-state index in [2.05, 4.69) is 33.8 Å². The summed E-state index contributed by atoms with van der Waals surface area (Å²) in [6, 6.07) is 12.4. The lowest BCUT2D eigenvalue weighted by atomic mass is 10.0. The SMILES string of the molecule is c1ccc(Nc2ccc3c(c2)CNCC3)nc1. The average molecular weight is 225 g/mol. The van der Waals surface area contributed by atoms with Crippen LogP contribution in [0.15, 0.2) is 42.6 Å². The first kappa shape index (κ1) is 10.3. The summed E-state index contributed by atoms with van der Waals surface area (Å²) in [6.45, 7) is 2.05. The minimum atomic E-state index is 0.885. The Labute approximate surface area is 101 Å². The summed E-state index contributed by atoms with van der Waals surface area (Å²) in [5.74, 6) is 0.885. The molecule has 3 rings (SSSR count). The molecule has 0 unspecified atom stereocenters. The lowest BCUT2D eigenvalue weighted by Crippen LogP contribution is -2.23. The molecule has 3 nitrogen and oxygen atoms in total. The molecule has 0 atom stereocenters. The zero-order valence-corrected chi connectivity index (χ0v) is 9.61. The lowest BCUT2D eigenvalue weighted by Gasteiger charge is -2.18. The highest BCUT2D eigenvalue weighted by atomic mass is 15.0. The van der Waals surface area contributed by atoms with Gasteiger partial charge in [-0.1, -0.05) is 12.1 Å². The van der Waals surface area contributed by atoms with Crippen molar-refractivity contribution in [1.29, 1.82) is 0 Å². The van der Waals surface area contributed by atoms with E-state index in [4.69, 9.17) is 0 Å². The lowest BCUT2D eigenvalue weighted by molar-refractivity contribution is 0.644. The van der Waals surface area contributed by atoms with E-state index in [-0.39, 0.29) is 0 Å². The van der Waals surface area contributed by atoms with Crippen molar-refractivity contribution in [3.8, 4) is 0 Å². The van der Waals surface area contributed by atoms with Crippen LogP contribution in [0, 0.1) is 0 Å². The van der Waals surface area contributed by atoms with Crippen molar-refractivity contribution in [2.75, 3.05) is 11.9 Å². The highest BCUT2D eigenvalue weighted by Crippen LogP contribution is 2.21. The molecule has 3 heteroatoms. The maximum Gasteiger partial charge on any atom is 0.130 e. The van der Waals surface area contributed by atoms with Crippen LogP contribution in [0.4, 0.5) is 11.5 Å². The Bertz CT molecular complexity index is 508. The normalized spacial score (nSPS) is 14.1. The maximum atomic E-state index is 4.26. The molecule has 1 aromatic carbocycles. The largest absolute Gasteiger partial charge is 0.340 e. The second-order valence-corrected chi connectivity index (χ2v) is 4.25. The fraction of sp³-hybridized carbons (Fsp3) is 0.214. The van der Waals surface area contributed by atoms with Crippen LogP contribution in [-0.2, 0) is 13.0 Å². The minimum absolute atomic E-state index is 0.885. The Morgan fingerprint density at radius 1 is 1.12 bits per heavy atom. The smallest absolute Gasteiger partial charge is 0.130 e. The molecule has 0 saturated carbocycles. The summed E-state index contributed by atoms with van der Waals surface area (Å²) >= 11 is 0. The number of hydrogen-bond donors (Lipinski definition) is 2. The van der Waals surface area contributed by atoms with Crippen LogP contribution < -0.4 is 10.6 Å². The molecule has 0 fully saturated rings. The summed E-state index contributed by atoms with van der Waals surface area (Å²) in [5, 5.41) is 6.70. The summed E-state index contributed by atoms with van der Waals surface area (Å²) in [7, 11) is 0. The van der Waals surface area contributed by atoms with Gasteiger partial charge in [0.1, 0.15) is 5.82 Å². The topological polar surface area (TPSA) is 37.0 Å². The predicted molar refractivity (Wildman–Crippen MR) is 69.4 cm³/mol. The van der Waals surface area contributed by atoms with Gasteiger partial charge in [0.2, 0.25) is 0 Å². The van der Waals surface area contributed by atoms with Crippen molar-refractivity contribution in [2.24, 2.45) is 0 Å². The molecule has 1 aromatic heterocycles. The molecule has 0 bridgehead atoms. The average Bonchev–Trinajstić information content (AvgIpc) is 2.40. The third kappa shape index (κ3) is 2.29. The van der Waals surface area contributed by atoms with Crippen molar-refractivity contribution >= 4 is 11.5 Å². The number of anilines is 2. The van der Waals surface area contributed by atoms with E-state index >= 15 is 0 Å². The van der Waals surface area contributed by atoms with Crippen LogP contribution in [-0.4, -0.2) is 11.5 Å². The number of fused-ring (bicyclic) bond motifs is 1. The number of nitrogens with one attached hydrogen (secondary N) is 2. The van der Waals surface area contributed by atoms with E-state index in [9.17, 15) is 0 Å². The fourth-order valence-corrected chi connectivity index (χ4v) is 2.14. The molecule has 0 radical (unpaired) electrons. The molecule has 0 saturated heterocycles. The second kappa shape index (κ2) is 4.55. The molecule has 1 aliphatic rings.